The standard InChI is InChI=1S/C16H19N3O2/c1-11-8-15(18-21-11)10-19(2)16(20)17-14-7-6-12-4-3-5-13(12)9-14/h6-9H,3-5,10H2,1-2H3,(H,17,20). The fourth-order valence-electron chi connectivity index (χ4n) is 2.68. The van der Waals surface area contributed by atoms with E-state index >= 15 is 0 Å². The van der Waals surface area contributed by atoms with E-state index in [4.69, 9.17) is 4.52 Å². The molecule has 2 aromatic rings. The highest BCUT2D eigenvalue weighted by Gasteiger charge is 2.14. The number of nitrogens with one attached hydrogen (secondary N) is 1. The molecule has 2 amide bonds. The van der Waals surface area contributed by atoms with Crippen LogP contribution in [-0.2, 0) is 19.4 Å². The van der Waals surface area contributed by atoms with E-state index in [9.17, 15) is 4.79 Å². The van der Waals surface area contributed by atoms with Gasteiger partial charge in [-0.2, -0.15) is 0 Å². The lowest BCUT2D eigenvalue weighted by Crippen LogP contribution is -2.30. The van der Waals surface area contributed by atoms with E-state index < -0.39 is 0 Å². The monoisotopic (exact) mass is 285 g/mol. The van der Waals surface area contributed by atoms with Crippen LogP contribution < -0.4 is 5.32 Å². The van der Waals surface area contributed by atoms with Crippen molar-refractivity contribution in [2.75, 3.05) is 12.4 Å². The lowest BCUT2D eigenvalue weighted by atomic mass is 10.1. The molecule has 0 saturated heterocycles. The Balaban J connectivity index is 1.63. The van der Waals surface area contributed by atoms with Crippen molar-refractivity contribution in [1.82, 2.24) is 10.1 Å². The number of anilines is 1. The lowest BCUT2D eigenvalue weighted by Gasteiger charge is -2.17. The average Bonchev–Trinajstić information content (AvgIpc) is 3.07. The van der Waals surface area contributed by atoms with Crippen LogP contribution in [0.1, 0.15) is 29.0 Å². The molecule has 21 heavy (non-hydrogen) atoms. The molecule has 1 aliphatic rings. The molecule has 0 saturated carbocycles. The Morgan fingerprint density at radius 1 is 1.33 bits per heavy atom. The SMILES string of the molecule is Cc1cc(CN(C)C(=O)Nc2ccc3c(c2)CCC3)no1. The predicted octanol–water partition coefficient (Wildman–Crippen LogP) is 3.14. The summed E-state index contributed by atoms with van der Waals surface area (Å²) < 4.78 is 5.01. The van der Waals surface area contributed by atoms with E-state index in [1.807, 2.05) is 19.1 Å². The van der Waals surface area contributed by atoms with Gasteiger partial charge in [-0.25, -0.2) is 4.79 Å². The van der Waals surface area contributed by atoms with Crippen molar-refractivity contribution >= 4 is 11.7 Å². The number of aryl methyl sites for hydroxylation is 3. The minimum atomic E-state index is -0.145. The zero-order valence-electron chi connectivity index (χ0n) is 12.3. The average molecular weight is 285 g/mol. The molecule has 1 aliphatic carbocycles. The van der Waals surface area contributed by atoms with Crippen molar-refractivity contribution < 1.29 is 9.32 Å². The smallest absolute Gasteiger partial charge is 0.321 e. The molecule has 110 valence electrons. The van der Waals surface area contributed by atoms with Gasteiger partial charge in [0.05, 0.1) is 6.54 Å². The van der Waals surface area contributed by atoms with Crippen LogP contribution in [0.3, 0.4) is 0 Å². The van der Waals surface area contributed by atoms with E-state index in [0.717, 1.165) is 30.0 Å². The summed E-state index contributed by atoms with van der Waals surface area (Å²) in [6, 6.07) is 7.84. The van der Waals surface area contributed by atoms with Crippen molar-refractivity contribution in [3.63, 3.8) is 0 Å². The van der Waals surface area contributed by atoms with Crippen molar-refractivity contribution in [2.45, 2.75) is 32.7 Å². The van der Waals surface area contributed by atoms with Crippen molar-refractivity contribution in [1.29, 1.82) is 0 Å². The molecule has 1 aromatic carbocycles. The number of urea groups is 1. The van der Waals surface area contributed by atoms with Crippen molar-refractivity contribution in [2.24, 2.45) is 0 Å². The molecule has 0 unspecified atom stereocenters. The molecule has 0 fully saturated rings. The number of nitrogens with zero attached hydrogens (tertiary/aromatic N) is 2. The van der Waals surface area contributed by atoms with Crippen LogP contribution in [0.4, 0.5) is 10.5 Å². The Morgan fingerprint density at radius 2 is 2.14 bits per heavy atom. The van der Waals surface area contributed by atoms with Gasteiger partial charge in [0.2, 0.25) is 0 Å². The van der Waals surface area contributed by atoms with Crippen LogP contribution in [0.2, 0.25) is 0 Å². The summed E-state index contributed by atoms with van der Waals surface area (Å²) in [5.41, 5.74) is 4.35. The first-order chi connectivity index (χ1) is 10.1. The third-order valence-electron chi connectivity index (χ3n) is 3.77. The normalized spacial score (nSPS) is 13.0. The second-order valence-electron chi connectivity index (χ2n) is 5.55. The number of rotatable bonds is 3. The fourth-order valence-corrected chi connectivity index (χ4v) is 2.68. The highest BCUT2D eigenvalue weighted by Crippen LogP contribution is 2.25. The van der Waals surface area contributed by atoms with Gasteiger partial charge in [0, 0.05) is 18.8 Å². The molecular formula is C16H19N3O2. The third-order valence-corrected chi connectivity index (χ3v) is 3.77. The molecule has 3 rings (SSSR count). The quantitative estimate of drug-likeness (QED) is 0.942. The predicted molar refractivity (Wildman–Crippen MR) is 80.2 cm³/mol. The van der Waals surface area contributed by atoms with E-state index in [1.54, 1.807) is 11.9 Å². The van der Waals surface area contributed by atoms with E-state index in [2.05, 4.69) is 22.6 Å². The summed E-state index contributed by atoms with van der Waals surface area (Å²) in [6.45, 7) is 2.26. The van der Waals surface area contributed by atoms with Crippen molar-refractivity contribution in [3.05, 3.63) is 46.8 Å². The molecule has 1 N–H and O–H groups in total. The minimum Gasteiger partial charge on any atom is -0.361 e. The summed E-state index contributed by atoms with van der Waals surface area (Å²) >= 11 is 0. The maximum Gasteiger partial charge on any atom is 0.321 e. The van der Waals surface area contributed by atoms with Crippen LogP contribution in [0, 0.1) is 6.92 Å². The number of hydrogen-bond acceptors (Lipinski definition) is 3. The summed E-state index contributed by atoms with van der Waals surface area (Å²) in [4.78, 5) is 13.8. The lowest BCUT2D eigenvalue weighted by molar-refractivity contribution is 0.219. The first kappa shape index (κ1) is 13.7. The molecule has 0 spiro atoms. The van der Waals surface area contributed by atoms with Crippen LogP contribution >= 0.6 is 0 Å². The summed E-state index contributed by atoms with van der Waals surface area (Å²) in [5.74, 6) is 0.748. The Bertz CT molecular complexity index is 663. The zero-order valence-corrected chi connectivity index (χ0v) is 12.3. The zero-order chi connectivity index (χ0) is 14.8. The van der Waals surface area contributed by atoms with Crippen LogP contribution in [0.25, 0.3) is 0 Å². The van der Waals surface area contributed by atoms with Gasteiger partial charge in [0.25, 0.3) is 0 Å². The first-order valence-corrected chi connectivity index (χ1v) is 7.18. The molecule has 0 atom stereocenters. The largest absolute Gasteiger partial charge is 0.361 e. The molecule has 0 radical (unpaired) electrons. The second-order valence-corrected chi connectivity index (χ2v) is 5.55. The Morgan fingerprint density at radius 3 is 2.90 bits per heavy atom. The molecule has 0 bridgehead atoms. The van der Waals surface area contributed by atoms with Gasteiger partial charge in [-0.15, -0.1) is 0 Å². The number of amides is 2. The van der Waals surface area contributed by atoms with Gasteiger partial charge in [0.15, 0.2) is 0 Å². The summed E-state index contributed by atoms with van der Waals surface area (Å²) in [5, 5.41) is 6.82. The number of fused-ring (bicyclic) bond motifs is 1. The Kier molecular flexibility index (Phi) is 3.64. The number of carbonyl (C=O) groups is 1. The van der Waals surface area contributed by atoms with Gasteiger partial charge in [-0.3, -0.25) is 0 Å². The molecule has 0 aliphatic heterocycles. The van der Waals surface area contributed by atoms with Gasteiger partial charge >= 0.3 is 6.03 Å². The number of aromatic nitrogens is 1. The topological polar surface area (TPSA) is 58.4 Å². The second kappa shape index (κ2) is 5.60. The first-order valence-electron chi connectivity index (χ1n) is 7.18. The molecular weight excluding hydrogens is 266 g/mol. The fraction of sp³-hybridized carbons (Fsp3) is 0.375. The van der Waals surface area contributed by atoms with Gasteiger partial charge in [-0.05, 0) is 49.4 Å². The summed E-state index contributed by atoms with van der Waals surface area (Å²) in [6.07, 6.45) is 3.46. The summed E-state index contributed by atoms with van der Waals surface area (Å²) in [7, 11) is 1.74. The Labute approximate surface area is 123 Å². The maximum absolute atomic E-state index is 12.2. The van der Waals surface area contributed by atoms with Gasteiger partial charge in [0.1, 0.15) is 11.5 Å². The van der Waals surface area contributed by atoms with Crippen LogP contribution in [0.5, 0.6) is 0 Å². The highest BCUT2D eigenvalue weighted by atomic mass is 16.5. The molecule has 1 aromatic heterocycles. The van der Waals surface area contributed by atoms with Crippen molar-refractivity contribution in [3.8, 4) is 0 Å². The highest BCUT2D eigenvalue weighted by molar-refractivity contribution is 5.89. The molecule has 5 nitrogen and oxygen atoms in total. The number of carbonyl (C=O) groups excluding carboxylic acids is 1. The third kappa shape index (κ3) is 3.07. The van der Waals surface area contributed by atoms with Gasteiger partial charge < -0.3 is 14.7 Å². The van der Waals surface area contributed by atoms with Crippen LogP contribution in [-0.4, -0.2) is 23.1 Å². The Hall–Kier alpha value is -2.30. The van der Waals surface area contributed by atoms with E-state index in [-0.39, 0.29) is 6.03 Å². The molecule has 5 heteroatoms. The number of hydrogen-bond donors (Lipinski definition) is 1. The van der Waals surface area contributed by atoms with Gasteiger partial charge in [-0.1, -0.05) is 11.2 Å². The van der Waals surface area contributed by atoms with E-state index in [0.29, 0.717) is 6.54 Å². The van der Waals surface area contributed by atoms with E-state index in [1.165, 1.54) is 17.5 Å². The number of benzene rings is 1. The minimum absolute atomic E-state index is 0.145. The maximum atomic E-state index is 12.2. The van der Waals surface area contributed by atoms with Crippen LogP contribution in [0.15, 0.2) is 28.8 Å². The molecule has 1 heterocycles.